The Morgan fingerprint density at radius 3 is 2.78 bits per heavy atom. The lowest BCUT2D eigenvalue weighted by Gasteiger charge is -2.41. The zero-order chi connectivity index (χ0) is 12.6. The van der Waals surface area contributed by atoms with E-state index in [9.17, 15) is 0 Å². The molecule has 0 unspecified atom stereocenters. The summed E-state index contributed by atoms with van der Waals surface area (Å²) in [5.74, 6) is 0. The average Bonchev–Trinajstić information content (AvgIpc) is 2.69. The van der Waals surface area contributed by atoms with Crippen LogP contribution in [0.4, 0.5) is 5.69 Å². The highest BCUT2D eigenvalue weighted by Crippen LogP contribution is 2.36. The van der Waals surface area contributed by atoms with Gasteiger partial charge in [-0.05, 0) is 24.6 Å². The number of nitrogen functional groups attached to an aromatic ring is 1. The van der Waals surface area contributed by atoms with Crippen LogP contribution in [-0.2, 0) is 16.6 Å². The topological polar surface area (TPSA) is 61.3 Å². The van der Waals surface area contributed by atoms with E-state index in [2.05, 4.69) is 11.2 Å². The van der Waals surface area contributed by atoms with Gasteiger partial charge in [-0.15, -0.1) is 0 Å². The molecule has 1 aromatic carbocycles. The summed E-state index contributed by atoms with van der Waals surface area (Å²) < 4.78 is 10.4. The van der Waals surface area contributed by atoms with Gasteiger partial charge in [-0.1, -0.05) is 17.3 Å². The van der Waals surface area contributed by atoms with Gasteiger partial charge in [0.05, 0.1) is 18.9 Å². The van der Waals surface area contributed by atoms with Gasteiger partial charge < -0.3 is 15.0 Å². The van der Waals surface area contributed by atoms with Crippen molar-refractivity contribution in [3.63, 3.8) is 0 Å². The van der Waals surface area contributed by atoms with Gasteiger partial charge in [-0.3, -0.25) is 0 Å². The second-order valence-electron chi connectivity index (χ2n) is 5.02. The van der Waals surface area contributed by atoms with Gasteiger partial charge in [0.2, 0.25) is 0 Å². The maximum absolute atomic E-state index is 5.86. The fraction of sp³-hybridized carbons (Fsp3) is 0.357. The lowest BCUT2D eigenvalue weighted by atomic mass is 9.74. The van der Waals surface area contributed by atoms with Gasteiger partial charge in [0.15, 0.2) is 0 Å². The Balaban J connectivity index is 1.93. The van der Waals surface area contributed by atoms with Gasteiger partial charge in [0.1, 0.15) is 6.26 Å². The van der Waals surface area contributed by atoms with E-state index in [1.165, 1.54) is 5.56 Å². The van der Waals surface area contributed by atoms with E-state index >= 15 is 0 Å². The Hall–Kier alpha value is -1.81. The Morgan fingerprint density at radius 1 is 1.39 bits per heavy atom. The molecule has 0 radical (unpaired) electrons. The van der Waals surface area contributed by atoms with Crippen molar-refractivity contribution in [3.8, 4) is 0 Å². The molecule has 0 amide bonds. The molecule has 1 saturated heterocycles. The summed E-state index contributed by atoms with van der Waals surface area (Å²) in [7, 11) is 0. The predicted molar refractivity (Wildman–Crippen MR) is 68.3 cm³/mol. The summed E-state index contributed by atoms with van der Waals surface area (Å²) in [4.78, 5) is 0. The van der Waals surface area contributed by atoms with Crippen LogP contribution < -0.4 is 5.73 Å². The molecule has 0 saturated carbocycles. The first kappa shape index (κ1) is 11.3. The minimum atomic E-state index is -0.00296. The molecule has 1 aliphatic heterocycles. The molecule has 2 N–H and O–H groups in total. The SMILES string of the molecule is Cc1conc1CC1(c2cccc(N)c2)COC1. The molecule has 2 heterocycles. The van der Waals surface area contributed by atoms with Gasteiger partial charge >= 0.3 is 0 Å². The highest BCUT2D eigenvalue weighted by Gasteiger charge is 2.41. The molecule has 18 heavy (non-hydrogen) atoms. The van der Waals surface area contributed by atoms with Crippen LogP contribution in [0.1, 0.15) is 16.8 Å². The number of ether oxygens (including phenoxy) is 1. The Labute approximate surface area is 106 Å². The fourth-order valence-corrected chi connectivity index (χ4v) is 2.39. The zero-order valence-corrected chi connectivity index (χ0v) is 10.3. The largest absolute Gasteiger partial charge is 0.399 e. The summed E-state index contributed by atoms with van der Waals surface area (Å²) in [5, 5.41) is 4.07. The molecule has 1 aromatic heterocycles. The van der Waals surface area contributed by atoms with E-state index in [0.717, 1.165) is 23.4 Å². The highest BCUT2D eigenvalue weighted by atomic mass is 16.5. The third kappa shape index (κ3) is 1.78. The van der Waals surface area contributed by atoms with Crippen LogP contribution in [0.3, 0.4) is 0 Å². The molecule has 4 nitrogen and oxygen atoms in total. The van der Waals surface area contributed by atoms with Crippen molar-refractivity contribution in [3.05, 3.63) is 47.3 Å². The monoisotopic (exact) mass is 244 g/mol. The summed E-state index contributed by atoms with van der Waals surface area (Å²) in [6, 6.07) is 8.02. The molecule has 1 fully saturated rings. The second kappa shape index (κ2) is 4.14. The van der Waals surface area contributed by atoms with Crippen LogP contribution in [0.5, 0.6) is 0 Å². The molecule has 3 rings (SSSR count). The quantitative estimate of drug-likeness (QED) is 0.840. The number of rotatable bonds is 3. The van der Waals surface area contributed by atoms with E-state index in [1.54, 1.807) is 6.26 Å². The Bertz CT molecular complexity index is 558. The third-order valence-corrected chi connectivity index (χ3v) is 3.61. The van der Waals surface area contributed by atoms with E-state index < -0.39 is 0 Å². The van der Waals surface area contributed by atoms with Crippen molar-refractivity contribution in [1.29, 1.82) is 0 Å². The number of aryl methyl sites for hydroxylation is 1. The van der Waals surface area contributed by atoms with Gasteiger partial charge in [-0.2, -0.15) is 0 Å². The number of anilines is 1. The molecular weight excluding hydrogens is 228 g/mol. The first-order chi connectivity index (χ1) is 8.70. The lowest BCUT2D eigenvalue weighted by molar-refractivity contribution is -0.0606. The predicted octanol–water partition coefficient (Wildman–Crippen LogP) is 2.08. The van der Waals surface area contributed by atoms with Gasteiger partial charge in [-0.25, -0.2) is 0 Å². The number of nitrogens with zero attached hydrogens (tertiary/aromatic N) is 1. The molecule has 94 valence electrons. The molecule has 0 atom stereocenters. The van der Waals surface area contributed by atoms with Crippen molar-refractivity contribution >= 4 is 5.69 Å². The second-order valence-corrected chi connectivity index (χ2v) is 5.02. The molecule has 0 aliphatic carbocycles. The maximum Gasteiger partial charge on any atom is 0.126 e. The van der Waals surface area contributed by atoms with Crippen molar-refractivity contribution in [2.75, 3.05) is 18.9 Å². The number of aromatic nitrogens is 1. The van der Waals surface area contributed by atoms with Crippen LogP contribution in [0.15, 0.2) is 35.1 Å². The summed E-state index contributed by atoms with van der Waals surface area (Å²) in [6.07, 6.45) is 2.51. The van der Waals surface area contributed by atoms with Crippen molar-refractivity contribution in [2.45, 2.75) is 18.8 Å². The molecule has 1 aliphatic rings. The van der Waals surface area contributed by atoms with Crippen LogP contribution in [0.2, 0.25) is 0 Å². The zero-order valence-electron chi connectivity index (χ0n) is 10.3. The smallest absolute Gasteiger partial charge is 0.126 e. The minimum absolute atomic E-state index is 0.00296. The molecule has 0 spiro atoms. The minimum Gasteiger partial charge on any atom is -0.399 e. The van der Waals surface area contributed by atoms with E-state index in [4.69, 9.17) is 15.0 Å². The lowest BCUT2D eigenvalue weighted by Crippen LogP contribution is -2.48. The van der Waals surface area contributed by atoms with Crippen LogP contribution in [-0.4, -0.2) is 18.4 Å². The van der Waals surface area contributed by atoms with Crippen molar-refractivity contribution in [1.82, 2.24) is 5.16 Å². The van der Waals surface area contributed by atoms with E-state index in [-0.39, 0.29) is 5.41 Å². The van der Waals surface area contributed by atoms with Gasteiger partial charge in [0.25, 0.3) is 0 Å². The summed E-state index contributed by atoms with van der Waals surface area (Å²) >= 11 is 0. The molecule has 2 aromatic rings. The third-order valence-electron chi connectivity index (χ3n) is 3.61. The fourth-order valence-electron chi connectivity index (χ4n) is 2.39. The van der Waals surface area contributed by atoms with Crippen LogP contribution in [0, 0.1) is 6.92 Å². The highest BCUT2D eigenvalue weighted by molar-refractivity contribution is 5.45. The van der Waals surface area contributed by atoms with Crippen LogP contribution in [0.25, 0.3) is 0 Å². The molecular formula is C14H16N2O2. The first-order valence-electron chi connectivity index (χ1n) is 6.03. The summed E-state index contributed by atoms with van der Waals surface area (Å²) in [5.41, 5.74) is 9.95. The maximum atomic E-state index is 5.86. The molecule has 0 bridgehead atoms. The van der Waals surface area contributed by atoms with E-state index in [0.29, 0.717) is 13.2 Å². The Kier molecular flexibility index (Phi) is 2.59. The molecule has 4 heteroatoms. The Morgan fingerprint density at radius 2 is 2.22 bits per heavy atom. The van der Waals surface area contributed by atoms with E-state index in [1.807, 2.05) is 25.1 Å². The normalized spacial score (nSPS) is 17.4. The number of nitrogens with two attached hydrogens (primary N) is 1. The van der Waals surface area contributed by atoms with Crippen LogP contribution >= 0.6 is 0 Å². The van der Waals surface area contributed by atoms with Crippen molar-refractivity contribution < 1.29 is 9.26 Å². The number of benzene rings is 1. The first-order valence-corrected chi connectivity index (χ1v) is 6.03. The number of hydrogen-bond donors (Lipinski definition) is 1. The average molecular weight is 244 g/mol. The van der Waals surface area contributed by atoms with Gasteiger partial charge in [0, 0.05) is 23.1 Å². The van der Waals surface area contributed by atoms with Crippen molar-refractivity contribution in [2.24, 2.45) is 0 Å². The number of hydrogen-bond acceptors (Lipinski definition) is 4. The standard InChI is InChI=1S/C14H16N2O2/c1-10-7-18-16-13(10)6-14(8-17-9-14)11-3-2-4-12(15)5-11/h2-5,7H,6,8-9,15H2,1H3. The summed E-state index contributed by atoms with van der Waals surface area (Å²) in [6.45, 7) is 3.43.